The zero-order valence-electron chi connectivity index (χ0n) is 14.6. The average Bonchev–Trinajstić information content (AvgIpc) is 2.81. The number of nitro benzene ring substituents is 1. The highest BCUT2D eigenvalue weighted by Gasteiger charge is 2.23. The summed E-state index contributed by atoms with van der Waals surface area (Å²) < 4.78 is 0. The van der Waals surface area contributed by atoms with Gasteiger partial charge in [0.25, 0.3) is 11.6 Å². The Kier molecular flexibility index (Phi) is 5.66. The fraction of sp³-hybridized carbons (Fsp3) is 0.263. The Morgan fingerprint density at radius 2 is 2.00 bits per heavy atom. The van der Waals surface area contributed by atoms with Crippen molar-refractivity contribution in [2.75, 3.05) is 5.32 Å². The molecule has 0 radical (unpaired) electrons. The number of carbonyl (C=O) groups is 2. The van der Waals surface area contributed by atoms with E-state index in [0.29, 0.717) is 16.1 Å². The molecular weight excluding hydrogens is 366 g/mol. The Morgan fingerprint density at radius 1 is 1.22 bits per heavy atom. The number of anilines is 1. The van der Waals surface area contributed by atoms with E-state index in [0.717, 1.165) is 42.5 Å². The van der Waals surface area contributed by atoms with Crippen LogP contribution in [0.25, 0.3) is 6.08 Å². The maximum Gasteiger partial charge on any atom is 0.270 e. The SMILES string of the molecule is NC(=O)c1c(NC(=O)C=Cc2cccc([N+](=O)[O-])c2)sc2c1CCCCC2. The molecule has 1 heterocycles. The quantitative estimate of drug-likeness (QED) is 0.353. The summed E-state index contributed by atoms with van der Waals surface area (Å²) in [6.45, 7) is 0. The Morgan fingerprint density at radius 3 is 2.74 bits per heavy atom. The zero-order valence-corrected chi connectivity index (χ0v) is 15.4. The number of thiophene rings is 1. The molecule has 0 atom stereocenters. The topological polar surface area (TPSA) is 115 Å². The van der Waals surface area contributed by atoms with Crippen molar-refractivity contribution in [1.82, 2.24) is 0 Å². The number of fused-ring (bicyclic) bond motifs is 1. The van der Waals surface area contributed by atoms with Gasteiger partial charge in [-0.3, -0.25) is 19.7 Å². The van der Waals surface area contributed by atoms with E-state index in [1.165, 1.54) is 35.6 Å². The van der Waals surface area contributed by atoms with Crippen molar-refractivity contribution in [3.05, 3.63) is 62.0 Å². The number of hydrogen-bond acceptors (Lipinski definition) is 5. The van der Waals surface area contributed by atoms with Crippen LogP contribution in [0.5, 0.6) is 0 Å². The largest absolute Gasteiger partial charge is 0.365 e. The zero-order chi connectivity index (χ0) is 19.4. The molecule has 8 heteroatoms. The lowest BCUT2D eigenvalue weighted by Crippen LogP contribution is -2.16. The first-order chi connectivity index (χ1) is 13.0. The number of primary amides is 1. The highest BCUT2D eigenvalue weighted by molar-refractivity contribution is 7.17. The molecule has 0 aliphatic heterocycles. The average molecular weight is 385 g/mol. The van der Waals surface area contributed by atoms with E-state index >= 15 is 0 Å². The summed E-state index contributed by atoms with van der Waals surface area (Å²) in [6, 6.07) is 5.98. The summed E-state index contributed by atoms with van der Waals surface area (Å²) in [6.07, 6.45) is 7.64. The second-order valence-corrected chi connectivity index (χ2v) is 7.41. The van der Waals surface area contributed by atoms with Gasteiger partial charge in [-0.05, 0) is 42.9 Å². The first kappa shape index (κ1) is 18.8. The summed E-state index contributed by atoms with van der Waals surface area (Å²) in [4.78, 5) is 35.6. The van der Waals surface area contributed by atoms with Gasteiger partial charge in [0.2, 0.25) is 5.91 Å². The van der Waals surface area contributed by atoms with Crippen LogP contribution in [0, 0.1) is 10.1 Å². The van der Waals surface area contributed by atoms with E-state index in [-0.39, 0.29) is 5.69 Å². The fourth-order valence-electron chi connectivity index (χ4n) is 3.16. The number of amides is 2. The van der Waals surface area contributed by atoms with Gasteiger partial charge in [0.15, 0.2) is 0 Å². The maximum atomic E-state index is 12.3. The minimum absolute atomic E-state index is 0.0458. The van der Waals surface area contributed by atoms with Gasteiger partial charge in [0.05, 0.1) is 10.5 Å². The van der Waals surface area contributed by atoms with Crippen LogP contribution in [0.15, 0.2) is 30.3 Å². The van der Waals surface area contributed by atoms with Crippen molar-refractivity contribution in [3.63, 3.8) is 0 Å². The molecule has 27 heavy (non-hydrogen) atoms. The molecule has 3 N–H and O–H groups in total. The molecule has 0 saturated heterocycles. The number of nitrogens with zero attached hydrogens (tertiary/aromatic N) is 1. The van der Waals surface area contributed by atoms with Crippen LogP contribution in [0.2, 0.25) is 0 Å². The Bertz CT molecular complexity index is 933. The van der Waals surface area contributed by atoms with E-state index in [9.17, 15) is 19.7 Å². The molecule has 0 unspecified atom stereocenters. The number of nitro groups is 1. The van der Waals surface area contributed by atoms with E-state index in [1.54, 1.807) is 12.1 Å². The molecular formula is C19H19N3O4S. The molecule has 140 valence electrons. The lowest BCUT2D eigenvalue weighted by molar-refractivity contribution is -0.384. The van der Waals surface area contributed by atoms with Crippen molar-refractivity contribution in [2.45, 2.75) is 32.1 Å². The molecule has 2 aromatic rings. The molecule has 2 amide bonds. The van der Waals surface area contributed by atoms with Gasteiger partial charge in [-0.15, -0.1) is 11.3 Å². The predicted molar refractivity (Wildman–Crippen MR) is 105 cm³/mol. The molecule has 1 aliphatic rings. The number of carbonyl (C=O) groups excluding carboxylic acids is 2. The Labute approximate surface area is 160 Å². The van der Waals surface area contributed by atoms with Crippen LogP contribution >= 0.6 is 11.3 Å². The number of aryl methyl sites for hydroxylation is 1. The van der Waals surface area contributed by atoms with E-state index in [1.807, 2.05) is 0 Å². The smallest absolute Gasteiger partial charge is 0.270 e. The molecule has 0 bridgehead atoms. The van der Waals surface area contributed by atoms with Gasteiger partial charge in [0.1, 0.15) is 5.00 Å². The number of rotatable bonds is 5. The summed E-state index contributed by atoms with van der Waals surface area (Å²) in [7, 11) is 0. The number of nitrogens with one attached hydrogen (secondary N) is 1. The molecule has 1 aromatic heterocycles. The van der Waals surface area contributed by atoms with Gasteiger partial charge in [-0.25, -0.2) is 0 Å². The van der Waals surface area contributed by atoms with Crippen molar-refractivity contribution in [2.24, 2.45) is 5.73 Å². The van der Waals surface area contributed by atoms with E-state index < -0.39 is 16.7 Å². The lowest BCUT2D eigenvalue weighted by atomic mass is 10.1. The predicted octanol–water partition coefficient (Wildman–Crippen LogP) is 3.68. The molecule has 0 fully saturated rings. The van der Waals surface area contributed by atoms with Crippen LogP contribution in [0.1, 0.15) is 45.6 Å². The summed E-state index contributed by atoms with van der Waals surface area (Å²) in [5.74, 6) is -0.951. The van der Waals surface area contributed by atoms with Gasteiger partial charge in [-0.2, -0.15) is 0 Å². The molecule has 1 aliphatic carbocycles. The van der Waals surface area contributed by atoms with Gasteiger partial charge in [-0.1, -0.05) is 18.6 Å². The van der Waals surface area contributed by atoms with Crippen LogP contribution in [0.3, 0.4) is 0 Å². The lowest BCUT2D eigenvalue weighted by Gasteiger charge is -2.04. The van der Waals surface area contributed by atoms with Crippen molar-refractivity contribution >= 4 is 39.9 Å². The molecule has 0 saturated carbocycles. The van der Waals surface area contributed by atoms with Crippen LogP contribution in [-0.2, 0) is 17.6 Å². The summed E-state index contributed by atoms with van der Waals surface area (Å²) in [5.41, 5.74) is 7.42. The van der Waals surface area contributed by atoms with Crippen molar-refractivity contribution < 1.29 is 14.5 Å². The monoisotopic (exact) mass is 385 g/mol. The maximum absolute atomic E-state index is 12.3. The molecule has 0 spiro atoms. The van der Waals surface area contributed by atoms with Crippen LogP contribution in [-0.4, -0.2) is 16.7 Å². The van der Waals surface area contributed by atoms with Gasteiger partial charge in [0, 0.05) is 23.1 Å². The third-order valence-electron chi connectivity index (χ3n) is 4.41. The fourth-order valence-corrected chi connectivity index (χ4v) is 4.46. The van der Waals surface area contributed by atoms with Crippen molar-refractivity contribution in [3.8, 4) is 0 Å². The number of benzene rings is 1. The molecule has 3 rings (SSSR count). The van der Waals surface area contributed by atoms with Gasteiger partial charge >= 0.3 is 0 Å². The van der Waals surface area contributed by atoms with E-state index in [4.69, 9.17) is 5.73 Å². The first-order valence-electron chi connectivity index (χ1n) is 8.63. The minimum atomic E-state index is -0.535. The standard InChI is InChI=1S/C19H19N3O4S/c20-18(24)17-14-7-2-1-3-8-15(14)27-19(17)21-16(23)10-9-12-5-4-6-13(11-12)22(25)26/h4-6,9-11H,1-3,7-8H2,(H2,20,24)(H,21,23). The Balaban J connectivity index is 1.79. The number of nitrogens with two attached hydrogens (primary N) is 1. The second-order valence-electron chi connectivity index (χ2n) is 6.31. The molecule has 7 nitrogen and oxygen atoms in total. The highest BCUT2D eigenvalue weighted by atomic mass is 32.1. The summed E-state index contributed by atoms with van der Waals surface area (Å²) in [5, 5.41) is 14.0. The third-order valence-corrected chi connectivity index (χ3v) is 5.62. The summed E-state index contributed by atoms with van der Waals surface area (Å²) >= 11 is 1.40. The minimum Gasteiger partial charge on any atom is -0.365 e. The second kappa shape index (κ2) is 8.13. The van der Waals surface area contributed by atoms with Crippen LogP contribution < -0.4 is 11.1 Å². The third kappa shape index (κ3) is 4.40. The van der Waals surface area contributed by atoms with Crippen molar-refractivity contribution in [1.29, 1.82) is 0 Å². The highest BCUT2D eigenvalue weighted by Crippen LogP contribution is 2.37. The number of hydrogen-bond donors (Lipinski definition) is 2. The van der Waals surface area contributed by atoms with E-state index in [2.05, 4.69) is 5.32 Å². The normalized spacial score (nSPS) is 13.8. The number of non-ortho nitro benzene ring substituents is 1. The van der Waals surface area contributed by atoms with Crippen LogP contribution in [0.4, 0.5) is 10.7 Å². The first-order valence-corrected chi connectivity index (χ1v) is 9.45. The van der Waals surface area contributed by atoms with Gasteiger partial charge < -0.3 is 11.1 Å². The Hall–Kier alpha value is -3.00. The molecule has 1 aromatic carbocycles.